The minimum absolute atomic E-state index is 0.0268. The van der Waals surface area contributed by atoms with Crippen molar-refractivity contribution in [1.82, 2.24) is 20.9 Å². The largest absolute Gasteiger partial charge is 0.481 e. The quantitative estimate of drug-likeness (QED) is 0.644. The highest BCUT2D eigenvalue weighted by atomic mass is 16.5. The summed E-state index contributed by atoms with van der Waals surface area (Å²) in [5, 5.41) is 8.10. The van der Waals surface area contributed by atoms with Crippen molar-refractivity contribution in [2.75, 3.05) is 20.2 Å². The molecule has 1 aromatic heterocycles. The number of carbonyl (C=O) groups excluding carboxylic acids is 2. The van der Waals surface area contributed by atoms with Crippen LogP contribution in [0.2, 0.25) is 0 Å². The molecule has 0 aromatic carbocycles. The third kappa shape index (κ3) is 6.60. The highest BCUT2D eigenvalue weighted by Crippen LogP contribution is 2.07. The fraction of sp³-hybridized carbons (Fsp3) is 0.500. The fourth-order valence-electron chi connectivity index (χ4n) is 1.48. The Morgan fingerprint density at radius 3 is 2.62 bits per heavy atom. The molecule has 1 rings (SSSR count). The van der Waals surface area contributed by atoms with Crippen molar-refractivity contribution in [1.29, 1.82) is 0 Å². The summed E-state index contributed by atoms with van der Waals surface area (Å²) in [6.07, 6.45) is 1.62. The van der Waals surface area contributed by atoms with Crippen molar-refractivity contribution in [2.45, 2.75) is 20.4 Å². The summed E-state index contributed by atoms with van der Waals surface area (Å²) in [4.78, 5) is 26.9. The summed E-state index contributed by atoms with van der Waals surface area (Å²) in [5.41, 5.74) is 0.894. The van der Waals surface area contributed by atoms with Gasteiger partial charge in [0.05, 0.1) is 7.11 Å². The van der Waals surface area contributed by atoms with Crippen molar-refractivity contribution in [3.63, 3.8) is 0 Å². The number of carbonyl (C=O) groups is 2. The van der Waals surface area contributed by atoms with Crippen molar-refractivity contribution in [3.8, 4) is 5.88 Å². The van der Waals surface area contributed by atoms with Crippen LogP contribution in [0.3, 0.4) is 0 Å². The Morgan fingerprint density at radius 2 is 1.95 bits per heavy atom. The third-order valence-electron chi connectivity index (χ3n) is 2.70. The van der Waals surface area contributed by atoms with Gasteiger partial charge in [-0.2, -0.15) is 0 Å². The van der Waals surface area contributed by atoms with Gasteiger partial charge >= 0.3 is 6.03 Å². The molecule has 1 aromatic rings. The number of hydrogen-bond donors (Lipinski definition) is 3. The van der Waals surface area contributed by atoms with E-state index in [-0.39, 0.29) is 17.9 Å². The lowest BCUT2D eigenvalue weighted by Crippen LogP contribution is -2.40. The number of pyridine rings is 1. The van der Waals surface area contributed by atoms with Crippen LogP contribution >= 0.6 is 0 Å². The van der Waals surface area contributed by atoms with E-state index in [0.29, 0.717) is 25.5 Å². The van der Waals surface area contributed by atoms with E-state index in [1.54, 1.807) is 18.3 Å². The summed E-state index contributed by atoms with van der Waals surface area (Å²) in [6, 6.07) is 3.26. The second-order valence-electron chi connectivity index (χ2n) is 4.76. The number of nitrogens with one attached hydrogen (secondary N) is 3. The molecule has 0 saturated carbocycles. The molecule has 0 aliphatic carbocycles. The molecule has 116 valence electrons. The summed E-state index contributed by atoms with van der Waals surface area (Å²) in [5.74, 6) is 0.424. The second-order valence-corrected chi connectivity index (χ2v) is 4.76. The molecule has 0 spiro atoms. The van der Waals surface area contributed by atoms with Crippen LogP contribution in [0, 0.1) is 5.92 Å². The van der Waals surface area contributed by atoms with Crippen LogP contribution < -0.4 is 20.7 Å². The van der Waals surface area contributed by atoms with E-state index in [4.69, 9.17) is 4.74 Å². The molecule has 0 fully saturated rings. The molecule has 0 atom stereocenters. The van der Waals surface area contributed by atoms with Crippen molar-refractivity contribution in [2.24, 2.45) is 5.92 Å². The van der Waals surface area contributed by atoms with Crippen LogP contribution in [0.25, 0.3) is 0 Å². The second kappa shape index (κ2) is 8.78. The summed E-state index contributed by atoms with van der Waals surface area (Å²) >= 11 is 0. The lowest BCUT2D eigenvalue weighted by atomic mass is 10.2. The number of ether oxygens (including phenoxy) is 1. The minimum atomic E-state index is -0.287. The number of amides is 3. The molecule has 0 aliphatic rings. The first-order valence-electron chi connectivity index (χ1n) is 6.81. The average Bonchev–Trinajstić information content (AvgIpc) is 2.49. The van der Waals surface area contributed by atoms with Gasteiger partial charge in [0.15, 0.2) is 0 Å². The maximum absolute atomic E-state index is 11.6. The molecule has 0 bridgehead atoms. The highest BCUT2D eigenvalue weighted by molar-refractivity contribution is 5.78. The highest BCUT2D eigenvalue weighted by Gasteiger charge is 2.05. The Balaban J connectivity index is 2.20. The van der Waals surface area contributed by atoms with Gasteiger partial charge in [-0.3, -0.25) is 4.79 Å². The Morgan fingerprint density at radius 1 is 1.24 bits per heavy atom. The molecule has 0 radical (unpaired) electrons. The predicted octanol–water partition coefficient (Wildman–Crippen LogP) is 0.662. The molecular weight excluding hydrogens is 272 g/mol. The van der Waals surface area contributed by atoms with Crippen LogP contribution in [-0.2, 0) is 11.3 Å². The molecule has 7 nitrogen and oxygen atoms in total. The molecule has 3 amide bonds. The van der Waals surface area contributed by atoms with E-state index >= 15 is 0 Å². The van der Waals surface area contributed by atoms with E-state index in [9.17, 15) is 9.59 Å². The Labute approximate surface area is 124 Å². The molecule has 0 unspecified atom stereocenters. The molecule has 7 heteroatoms. The number of hydrogen-bond acceptors (Lipinski definition) is 4. The van der Waals surface area contributed by atoms with Crippen LogP contribution in [-0.4, -0.2) is 37.1 Å². The zero-order chi connectivity index (χ0) is 15.7. The van der Waals surface area contributed by atoms with Crippen LogP contribution in [0.15, 0.2) is 18.3 Å². The summed E-state index contributed by atoms with van der Waals surface area (Å²) in [7, 11) is 1.54. The molecule has 1 heterocycles. The van der Waals surface area contributed by atoms with E-state index in [0.717, 1.165) is 5.56 Å². The van der Waals surface area contributed by atoms with Gasteiger partial charge in [-0.05, 0) is 11.6 Å². The Hall–Kier alpha value is -2.31. The van der Waals surface area contributed by atoms with Crippen LogP contribution in [0.4, 0.5) is 4.79 Å². The van der Waals surface area contributed by atoms with Gasteiger partial charge in [-0.1, -0.05) is 13.8 Å². The number of rotatable bonds is 7. The topological polar surface area (TPSA) is 92.4 Å². The first-order valence-corrected chi connectivity index (χ1v) is 6.81. The maximum atomic E-state index is 11.6. The molecule has 3 N–H and O–H groups in total. The van der Waals surface area contributed by atoms with Crippen molar-refractivity contribution in [3.05, 3.63) is 23.9 Å². The zero-order valence-electron chi connectivity index (χ0n) is 12.6. The van der Waals surface area contributed by atoms with Gasteiger partial charge in [0.2, 0.25) is 11.8 Å². The Bertz CT molecular complexity index is 477. The zero-order valence-corrected chi connectivity index (χ0v) is 12.6. The fourth-order valence-corrected chi connectivity index (χ4v) is 1.48. The van der Waals surface area contributed by atoms with Crippen LogP contribution in [0.1, 0.15) is 19.4 Å². The van der Waals surface area contributed by atoms with Crippen LogP contribution in [0.5, 0.6) is 5.88 Å². The van der Waals surface area contributed by atoms with Gasteiger partial charge in [-0.25, -0.2) is 9.78 Å². The molecule has 21 heavy (non-hydrogen) atoms. The molecular formula is C14H22N4O3. The standard InChI is InChI=1S/C14H22N4O3/c1-10(2)13(19)16-6-7-17-14(20)18-9-11-4-5-15-12(8-11)21-3/h4-5,8,10H,6-7,9H2,1-3H3,(H,16,19)(H2,17,18,20). The van der Waals surface area contributed by atoms with Gasteiger partial charge in [-0.15, -0.1) is 0 Å². The van der Waals surface area contributed by atoms with Crippen molar-refractivity contribution >= 4 is 11.9 Å². The normalized spacial score (nSPS) is 10.1. The number of nitrogens with zero attached hydrogens (tertiary/aromatic N) is 1. The first kappa shape index (κ1) is 16.7. The third-order valence-corrected chi connectivity index (χ3v) is 2.70. The first-order chi connectivity index (χ1) is 10.0. The number of urea groups is 1. The van der Waals surface area contributed by atoms with Gasteiger partial charge in [0.1, 0.15) is 0 Å². The maximum Gasteiger partial charge on any atom is 0.315 e. The lowest BCUT2D eigenvalue weighted by molar-refractivity contribution is -0.123. The predicted molar refractivity (Wildman–Crippen MR) is 78.9 cm³/mol. The van der Waals surface area contributed by atoms with Crippen molar-refractivity contribution < 1.29 is 14.3 Å². The van der Waals surface area contributed by atoms with E-state index in [1.165, 1.54) is 7.11 Å². The number of methoxy groups -OCH3 is 1. The smallest absolute Gasteiger partial charge is 0.315 e. The lowest BCUT2D eigenvalue weighted by Gasteiger charge is -2.10. The average molecular weight is 294 g/mol. The van der Waals surface area contributed by atoms with Gasteiger partial charge in [0, 0.05) is 37.8 Å². The Kier molecular flexibility index (Phi) is 7.00. The SMILES string of the molecule is COc1cc(CNC(=O)NCCNC(=O)C(C)C)ccn1. The van der Waals surface area contributed by atoms with E-state index in [1.807, 2.05) is 13.8 Å². The minimum Gasteiger partial charge on any atom is -0.481 e. The van der Waals surface area contributed by atoms with E-state index in [2.05, 4.69) is 20.9 Å². The summed E-state index contributed by atoms with van der Waals surface area (Å²) in [6.45, 7) is 4.80. The molecule has 0 aliphatic heterocycles. The monoisotopic (exact) mass is 294 g/mol. The van der Waals surface area contributed by atoms with Gasteiger partial charge in [0.25, 0.3) is 0 Å². The number of aromatic nitrogens is 1. The van der Waals surface area contributed by atoms with Gasteiger partial charge < -0.3 is 20.7 Å². The van der Waals surface area contributed by atoms with E-state index < -0.39 is 0 Å². The molecule has 0 saturated heterocycles. The summed E-state index contributed by atoms with van der Waals surface area (Å²) < 4.78 is 5.00.